The van der Waals surface area contributed by atoms with Crippen LogP contribution in [0.5, 0.6) is 0 Å². The first-order valence-electron chi connectivity index (χ1n) is 10.9. The van der Waals surface area contributed by atoms with Gasteiger partial charge in [0.2, 0.25) is 0 Å². The van der Waals surface area contributed by atoms with Crippen molar-refractivity contribution in [3.05, 3.63) is 83.9 Å². The summed E-state index contributed by atoms with van der Waals surface area (Å²) in [4.78, 5) is 12.9. The summed E-state index contributed by atoms with van der Waals surface area (Å²) < 4.78 is 2.31. The Hall–Kier alpha value is -3.33. The third kappa shape index (κ3) is 4.27. The Kier molecular flexibility index (Phi) is 5.45. The fourth-order valence-corrected chi connectivity index (χ4v) is 4.29. The molecule has 1 aromatic heterocycles. The van der Waals surface area contributed by atoms with E-state index >= 15 is 0 Å². The van der Waals surface area contributed by atoms with Gasteiger partial charge >= 0.3 is 0 Å². The summed E-state index contributed by atoms with van der Waals surface area (Å²) >= 11 is 0. The number of allylic oxidation sites excluding steroid dienone is 2. The van der Waals surface area contributed by atoms with E-state index in [0.29, 0.717) is 5.56 Å². The number of carbonyl (C=O) groups excluding carboxylic acids is 1. The highest BCUT2D eigenvalue weighted by molar-refractivity contribution is 6.11. The van der Waals surface area contributed by atoms with Crippen molar-refractivity contribution in [1.82, 2.24) is 4.57 Å². The first-order chi connectivity index (χ1) is 14.8. The smallest absolute Gasteiger partial charge is 0.255 e. The average molecular weight is 411 g/mol. The molecule has 0 spiro atoms. The summed E-state index contributed by atoms with van der Waals surface area (Å²) in [6.07, 6.45) is 2.25. The molecule has 0 aliphatic carbocycles. The second-order valence-corrected chi connectivity index (χ2v) is 9.22. The molecule has 3 heteroatoms. The predicted molar refractivity (Wildman–Crippen MR) is 133 cm³/mol. The van der Waals surface area contributed by atoms with Gasteiger partial charge in [-0.25, -0.2) is 0 Å². The third-order valence-electron chi connectivity index (χ3n) is 5.60. The van der Waals surface area contributed by atoms with Gasteiger partial charge in [-0.1, -0.05) is 57.2 Å². The number of aromatic nitrogens is 1. The van der Waals surface area contributed by atoms with Gasteiger partial charge in [0.25, 0.3) is 5.91 Å². The van der Waals surface area contributed by atoms with E-state index in [0.717, 1.165) is 23.2 Å². The van der Waals surface area contributed by atoms with Gasteiger partial charge < -0.3 is 9.88 Å². The summed E-state index contributed by atoms with van der Waals surface area (Å²) in [5.74, 6) is -0.0948. The molecule has 3 aromatic carbocycles. The van der Waals surface area contributed by atoms with Crippen LogP contribution in [0.3, 0.4) is 0 Å². The molecular weight excluding hydrogens is 380 g/mol. The number of anilines is 1. The molecule has 0 fully saturated rings. The molecule has 1 N–H and O–H groups in total. The number of nitrogens with zero attached hydrogens (tertiary/aromatic N) is 1. The number of carbonyl (C=O) groups is 1. The van der Waals surface area contributed by atoms with Gasteiger partial charge in [-0.05, 0) is 66.8 Å². The maximum atomic E-state index is 12.9. The molecule has 4 aromatic rings. The van der Waals surface area contributed by atoms with Gasteiger partial charge in [0.1, 0.15) is 0 Å². The van der Waals surface area contributed by atoms with Crippen LogP contribution in [0.1, 0.15) is 50.5 Å². The monoisotopic (exact) mass is 410 g/mol. The zero-order chi connectivity index (χ0) is 22.2. The van der Waals surface area contributed by atoms with Gasteiger partial charge in [0.15, 0.2) is 0 Å². The highest BCUT2D eigenvalue weighted by Crippen LogP contribution is 2.31. The average Bonchev–Trinajstić information content (AvgIpc) is 3.05. The minimum absolute atomic E-state index is 0.0948. The van der Waals surface area contributed by atoms with E-state index in [1.54, 1.807) is 0 Å². The molecule has 0 atom stereocenters. The number of benzene rings is 3. The predicted octanol–water partition coefficient (Wildman–Crippen LogP) is 7.52. The van der Waals surface area contributed by atoms with Gasteiger partial charge in [0.05, 0.1) is 0 Å². The van der Waals surface area contributed by atoms with E-state index in [2.05, 4.69) is 87.0 Å². The normalized spacial score (nSPS) is 12.5. The molecular formula is C28H30N2O. The van der Waals surface area contributed by atoms with Crippen LogP contribution in [0.25, 0.3) is 27.4 Å². The van der Waals surface area contributed by atoms with Crippen molar-refractivity contribution < 1.29 is 4.79 Å². The van der Waals surface area contributed by atoms with Crippen LogP contribution in [-0.4, -0.2) is 10.5 Å². The van der Waals surface area contributed by atoms with Crippen molar-refractivity contribution in [3.8, 4) is 0 Å². The second-order valence-electron chi connectivity index (χ2n) is 9.22. The van der Waals surface area contributed by atoms with Crippen LogP contribution in [-0.2, 0) is 6.54 Å². The number of rotatable bonds is 4. The molecule has 0 saturated carbocycles. The lowest BCUT2D eigenvalue weighted by Gasteiger charge is -2.14. The van der Waals surface area contributed by atoms with Crippen LogP contribution in [0.2, 0.25) is 0 Å². The minimum Gasteiger partial charge on any atom is -0.341 e. The Morgan fingerprint density at radius 2 is 1.55 bits per heavy atom. The van der Waals surface area contributed by atoms with Gasteiger partial charge in [0, 0.05) is 39.6 Å². The molecule has 0 unspecified atom stereocenters. The number of nitrogens with one attached hydrogen (secondary N) is 1. The Morgan fingerprint density at radius 3 is 2.23 bits per heavy atom. The highest BCUT2D eigenvalue weighted by atomic mass is 16.1. The van der Waals surface area contributed by atoms with Crippen LogP contribution in [0, 0.1) is 5.41 Å². The van der Waals surface area contributed by atoms with Crippen LogP contribution in [0.4, 0.5) is 5.69 Å². The quantitative estimate of drug-likeness (QED) is 0.371. The van der Waals surface area contributed by atoms with E-state index in [4.69, 9.17) is 0 Å². The molecule has 0 aliphatic rings. The molecule has 1 heterocycles. The Bertz CT molecular complexity index is 1280. The summed E-state index contributed by atoms with van der Waals surface area (Å²) in [6.45, 7) is 11.7. The lowest BCUT2D eigenvalue weighted by Crippen LogP contribution is -2.11. The highest BCUT2D eigenvalue weighted by Gasteiger charge is 2.12. The van der Waals surface area contributed by atoms with Crippen molar-refractivity contribution in [1.29, 1.82) is 0 Å². The summed E-state index contributed by atoms with van der Waals surface area (Å²) in [5.41, 5.74) is 6.36. The lowest BCUT2D eigenvalue weighted by molar-refractivity contribution is 0.102. The first-order valence-corrected chi connectivity index (χ1v) is 10.9. The number of aryl methyl sites for hydroxylation is 1. The molecule has 4 rings (SSSR count). The molecule has 158 valence electrons. The topological polar surface area (TPSA) is 34.0 Å². The van der Waals surface area contributed by atoms with E-state index in [1.165, 1.54) is 22.0 Å². The standard InChI is InChI=1S/C28H30N2O/c1-6-30-25-10-8-7-9-23(25)24-17-22(15-16-26(24)30)29-27(31)21-13-11-20(12-14-21)19(2)18-28(3,4)5/h7-18H,6H2,1-5H3,(H,29,31)/b19-18-. The minimum atomic E-state index is -0.0948. The molecule has 0 aliphatic heterocycles. The fourth-order valence-electron chi connectivity index (χ4n) is 4.29. The maximum absolute atomic E-state index is 12.9. The fraction of sp³-hybridized carbons (Fsp3) is 0.250. The zero-order valence-corrected chi connectivity index (χ0v) is 19.0. The SMILES string of the molecule is CCn1c2ccccc2c2cc(NC(=O)c3ccc(/C(C)=C\C(C)(C)C)cc3)ccc21. The van der Waals surface area contributed by atoms with Crippen molar-refractivity contribution in [3.63, 3.8) is 0 Å². The molecule has 3 nitrogen and oxygen atoms in total. The number of hydrogen-bond acceptors (Lipinski definition) is 1. The van der Waals surface area contributed by atoms with Gasteiger partial charge in [-0.2, -0.15) is 0 Å². The molecule has 1 amide bonds. The second kappa shape index (κ2) is 8.07. The van der Waals surface area contributed by atoms with Crippen LogP contribution in [0.15, 0.2) is 72.8 Å². The molecule has 0 radical (unpaired) electrons. The molecule has 31 heavy (non-hydrogen) atoms. The van der Waals surface area contributed by atoms with E-state index in [1.807, 2.05) is 30.3 Å². The van der Waals surface area contributed by atoms with Crippen LogP contribution < -0.4 is 5.32 Å². The molecule has 0 bridgehead atoms. The summed E-state index contributed by atoms with van der Waals surface area (Å²) in [7, 11) is 0. The van der Waals surface area contributed by atoms with Crippen molar-refractivity contribution in [2.75, 3.05) is 5.32 Å². The Balaban J connectivity index is 1.60. The Labute approximate surface area is 184 Å². The van der Waals surface area contributed by atoms with E-state index in [9.17, 15) is 4.79 Å². The number of hydrogen-bond donors (Lipinski definition) is 1. The van der Waals surface area contributed by atoms with Gasteiger partial charge in [-0.15, -0.1) is 0 Å². The first kappa shape index (κ1) is 20.9. The molecule has 0 saturated heterocycles. The number of amides is 1. The summed E-state index contributed by atoms with van der Waals surface area (Å²) in [5, 5.41) is 5.44. The largest absolute Gasteiger partial charge is 0.341 e. The van der Waals surface area contributed by atoms with Gasteiger partial charge in [-0.3, -0.25) is 4.79 Å². The number of fused-ring (bicyclic) bond motifs is 3. The summed E-state index contributed by atoms with van der Waals surface area (Å²) in [6, 6.07) is 22.4. The van der Waals surface area contributed by atoms with Crippen molar-refractivity contribution >= 4 is 39.0 Å². The zero-order valence-electron chi connectivity index (χ0n) is 19.0. The van der Waals surface area contributed by atoms with Crippen LogP contribution >= 0.6 is 0 Å². The van der Waals surface area contributed by atoms with Crippen molar-refractivity contribution in [2.45, 2.75) is 41.2 Å². The maximum Gasteiger partial charge on any atom is 0.255 e. The number of para-hydroxylation sites is 1. The van der Waals surface area contributed by atoms with E-state index < -0.39 is 0 Å². The van der Waals surface area contributed by atoms with Crippen molar-refractivity contribution in [2.24, 2.45) is 5.41 Å². The third-order valence-corrected chi connectivity index (χ3v) is 5.60. The lowest BCUT2D eigenvalue weighted by atomic mass is 9.91. The Morgan fingerprint density at radius 1 is 0.903 bits per heavy atom. The van der Waals surface area contributed by atoms with E-state index in [-0.39, 0.29) is 11.3 Å².